The number of nitrogens with one attached hydrogen (secondary N) is 1. The van der Waals surface area contributed by atoms with E-state index in [2.05, 4.69) is 23.3 Å². The van der Waals surface area contributed by atoms with Crippen LogP contribution in [-0.2, 0) is 4.79 Å². The highest BCUT2D eigenvalue weighted by atomic mass is 79.9. The summed E-state index contributed by atoms with van der Waals surface area (Å²) >= 11 is 4.05. The second-order valence-electron chi connectivity index (χ2n) is 2.25. The summed E-state index contributed by atoms with van der Waals surface area (Å²) in [6.45, 7) is -0.0377. The maximum absolute atomic E-state index is 10.1. The predicted molar refractivity (Wildman–Crippen MR) is 70.7 cm³/mol. The van der Waals surface area contributed by atoms with E-state index in [9.17, 15) is 4.79 Å². The molecule has 0 aliphatic rings. The molecule has 0 fully saturated rings. The Kier molecular flexibility index (Phi) is 11.9. The summed E-state index contributed by atoms with van der Waals surface area (Å²) in [5.74, 6) is -0.853. The van der Waals surface area contributed by atoms with Crippen LogP contribution in [0.2, 0.25) is 0 Å². The van der Waals surface area contributed by atoms with Gasteiger partial charge in [0.1, 0.15) is 6.54 Å². The van der Waals surface area contributed by atoms with E-state index in [1.807, 2.05) is 30.3 Å². The van der Waals surface area contributed by atoms with E-state index >= 15 is 0 Å². The van der Waals surface area contributed by atoms with Crippen molar-refractivity contribution in [3.8, 4) is 0 Å². The third-order valence-electron chi connectivity index (χ3n) is 1.22. The molecule has 0 amide bonds. The number of carbonyl (C=O) groups is 1. The maximum atomic E-state index is 10.1. The Hall–Kier alpha value is -1.14. The van der Waals surface area contributed by atoms with E-state index in [4.69, 9.17) is 5.11 Å². The Morgan fingerprint density at radius 2 is 1.93 bits per heavy atom. The van der Waals surface area contributed by atoms with Gasteiger partial charge in [0.2, 0.25) is 0 Å². The van der Waals surface area contributed by atoms with Crippen molar-refractivity contribution < 1.29 is 9.90 Å². The molecule has 0 atom stereocenters. The molecule has 0 aliphatic carbocycles. The third-order valence-corrected chi connectivity index (χ3v) is 1.22. The molecule has 15 heavy (non-hydrogen) atoms. The first kappa shape index (κ1) is 16.3. The highest BCUT2D eigenvalue weighted by molar-refractivity contribution is 8.93. The number of hydrogen-bond donors (Lipinski definition) is 3. The Morgan fingerprint density at radius 1 is 1.47 bits per heavy atom. The number of hydrogen-bond acceptors (Lipinski definition) is 3. The molecule has 0 unspecified atom stereocenters. The van der Waals surface area contributed by atoms with E-state index < -0.39 is 5.97 Å². The molecule has 0 radical (unpaired) electrons. The molecule has 0 heterocycles. The zero-order valence-corrected chi connectivity index (χ0v) is 10.5. The van der Waals surface area contributed by atoms with Gasteiger partial charge >= 0.3 is 5.97 Å². The first-order valence-electron chi connectivity index (χ1n) is 3.86. The molecule has 0 bridgehead atoms. The monoisotopic (exact) mass is 292 g/mol. The van der Waals surface area contributed by atoms with E-state index in [1.165, 1.54) is 0 Å². The number of carboxylic acids is 1. The first-order valence-corrected chi connectivity index (χ1v) is 4.34. The third kappa shape index (κ3) is 10.8. The van der Waals surface area contributed by atoms with Crippen LogP contribution in [0.4, 0.5) is 5.69 Å². The summed E-state index contributed by atoms with van der Waals surface area (Å²) < 4.78 is 0. The highest BCUT2D eigenvalue weighted by Crippen LogP contribution is 2.03. The van der Waals surface area contributed by atoms with Gasteiger partial charge in [0.05, 0.1) is 5.49 Å². The Bertz CT molecular complexity index is 283. The minimum absolute atomic E-state index is 0. The van der Waals surface area contributed by atoms with Crippen molar-refractivity contribution in [1.29, 1.82) is 0 Å². The minimum Gasteiger partial charge on any atom is -0.480 e. The molecule has 0 aliphatic heterocycles. The van der Waals surface area contributed by atoms with Gasteiger partial charge in [0.15, 0.2) is 0 Å². The lowest BCUT2D eigenvalue weighted by Crippen LogP contribution is -2.11. The van der Waals surface area contributed by atoms with Crippen LogP contribution in [-0.4, -0.2) is 23.1 Å². The summed E-state index contributed by atoms with van der Waals surface area (Å²) in [5.41, 5.74) is 6.45. The molecule has 0 aromatic heterocycles. The quantitative estimate of drug-likeness (QED) is 0.739. The van der Waals surface area contributed by atoms with Crippen molar-refractivity contribution in [2.45, 2.75) is 0 Å². The van der Waals surface area contributed by atoms with Gasteiger partial charge in [-0.2, -0.15) is 0 Å². The van der Waals surface area contributed by atoms with Gasteiger partial charge in [-0.3, -0.25) is 4.79 Å². The van der Waals surface area contributed by atoms with Crippen LogP contribution in [0.25, 0.3) is 0 Å². The van der Waals surface area contributed by atoms with Gasteiger partial charge in [-0.05, 0) is 12.1 Å². The topological polar surface area (TPSA) is 75.4 Å². The van der Waals surface area contributed by atoms with Crippen LogP contribution in [0.5, 0.6) is 0 Å². The molecule has 6 heteroatoms. The van der Waals surface area contributed by atoms with Crippen LogP contribution in [0, 0.1) is 0 Å². The zero-order valence-electron chi connectivity index (χ0n) is 7.92. The van der Waals surface area contributed by atoms with Gasteiger partial charge in [-0.25, -0.2) is 0 Å². The lowest BCUT2D eigenvalue weighted by Gasteiger charge is -2.00. The second kappa shape index (κ2) is 10.9. The number of para-hydroxylation sites is 1. The summed E-state index contributed by atoms with van der Waals surface area (Å²) in [6.07, 6.45) is 0. The molecule has 84 valence electrons. The molecule has 0 saturated heterocycles. The van der Waals surface area contributed by atoms with E-state index in [-0.39, 0.29) is 23.5 Å². The van der Waals surface area contributed by atoms with Crippen LogP contribution < -0.4 is 11.1 Å². The number of halogens is 1. The van der Waals surface area contributed by atoms with Crippen molar-refractivity contribution in [3.05, 3.63) is 30.3 Å². The fourth-order valence-electron chi connectivity index (χ4n) is 0.734. The molecule has 1 aromatic rings. The number of anilines is 1. The van der Waals surface area contributed by atoms with Crippen molar-refractivity contribution in [2.24, 2.45) is 5.73 Å². The Balaban J connectivity index is 0. The Labute approximate surface area is 104 Å². The average molecular weight is 293 g/mol. The number of rotatable bonds is 3. The standard InChI is InChI=1S/C8H9NO2.CH3NS.BrH/c10-8(11)6-9-7-4-2-1-3-5-7;2-1-3;/h1-5,9H,6H2,(H,10,11);1H,(H2,2,3);1H. The largest absolute Gasteiger partial charge is 0.480 e. The molecule has 0 saturated carbocycles. The Morgan fingerprint density at radius 3 is 2.33 bits per heavy atom. The molecule has 4 N–H and O–H groups in total. The zero-order chi connectivity index (χ0) is 10.8. The fraction of sp³-hybridized carbons (Fsp3) is 0.111. The summed E-state index contributed by atoms with van der Waals surface area (Å²) in [4.78, 5) is 10.1. The SMILES string of the molecule is Br.NC=S.O=C(O)CNc1ccccc1. The highest BCUT2D eigenvalue weighted by Gasteiger charge is 1.93. The lowest BCUT2D eigenvalue weighted by atomic mass is 10.3. The number of carboxylic acid groups (broad SMARTS) is 1. The number of aliphatic carboxylic acids is 1. The molecule has 1 aromatic carbocycles. The van der Waals surface area contributed by atoms with Gasteiger partial charge in [0.25, 0.3) is 0 Å². The second-order valence-corrected chi connectivity index (χ2v) is 2.52. The number of nitrogens with two attached hydrogens (primary N) is 1. The minimum atomic E-state index is -0.853. The van der Waals surface area contributed by atoms with Gasteiger partial charge < -0.3 is 16.2 Å². The molecule has 0 spiro atoms. The van der Waals surface area contributed by atoms with Crippen molar-refractivity contribution in [3.63, 3.8) is 0 Å². The molecular formula is C9H13BrN2O2S. The summed E-state index contributed by atoms with van der Waals surface area (Å²) in [6, 6.07) is 9.23. The molecular weight excluding hydrogens is 280 g/mol. The first-order chi connectivity index (χ1) is 6.70. The van der Waals surface area contributed by atoms with E-state index in [0.717, 1.165) is 11.2 Å². The van der Waals surface area contributed by atoms with Gasteiger partial charge in [-0.15, -0.1) is 17.0 Å². The van der Waals surface area contributed by atoms with Crippen LogP contribution in [0.3, 0.4) is 0 Å². The maximum Gasteiger partial charge on any atom is 0.322 e. The van der Waals surface area contributed by atoms with Crippen molar-refractivity contribution in [2.75, 3.05) is 11.9 Å². The van der Waals surface area contributed by atoms with Crippen molar-refractivity contribution >= 4 is 46.3 Å². The predicted octanol–water partition coefficient (Wildman–Crippen LogP) is 1.66. The number of thiocarbonyl (C=S) groups is 1. The van der Waals surface area contributed by atoms with Gasteiger partial charge in [0, 0.05) is 5.69 Å². The van der Waals surface area contributed by atoms with Crippen molar-refractivity contribution in [1.82, 2.24) is 0 Å². The normalized spacial score (nSPS) is 7.47. The van der Waals surface area contributed by atoms with E-state index in [1.54, 1.807) is 0 Å². The summed E-state index contributed by atoms with van der Waals surface area (Å²) in [7, 11) is 0. The molecule has 1 rings (SSSR count). The molecule has 4 nitrogen and oxygen atoms in total. The smallest absolute Gasteiger partial charge is 0.322 e. The van der Waals surface area contributed by atoms with Crippen LogP contribution in [0.15, 0.2) is 30.3 Å². The van der Waals surface area contributed by atoms with E-state index in [0.29, 0.717) is 0 Å². The van der Waals surface area contributed by atoms with Gasteiger partial charge in [-0.1, -0.05) is 30.4 Å². The lowest BCUT2D eigenvalue weighted by molar-refractivity contribution is -0.134. The average Bonchev–Trinajstić information content (AvgIpc) is 2.18. The summed E-state index contributed by atoms with van der Waals surface area (Å²) in [5, 5.41) is 11.1. The van der Waals surface area contributed by atoms with Crippen LogP contribution in [0.1, 0.15) is 0 Å². The fourth-order valence-corrected chi connectivity index (χ4v) is 0.734. The van der Waals surface area contributed by atoms with Crippen LogP contribution >= 0.6 is 29.2 Å². The number of benzene rings is 1.